The van der Waals surface area contributed by atoms with Crippen LogP contribution in [0.25, 0.3) is 0 Å². The lowest BCUT2D eigenvalue weighted by molar-refractivity contribution is 0.0653. The van der Waals surface area contributed by atoms with Crippen LogP contribution in [0.4, 0.5) is 4.39 Å². The number of primary sulfonamides is 1. The number of halogens is 1. The number of aromatic nitrogens is 1. The van der Waals surface area contributed by atoms with Crippen molar-refractivity contribution in [1.82, 2.24) is 9.88 Å². The lowest BCUT2D eigenvalue weighted by atomic mass is 10.1. The highest BCUT2D eigenvalue weighted by molar-refractivity contribution is 7.92. The number of allylic oxidation sites excluding steroid dienone is 1. The molecule has 13 heteroatoms. The van der Waals surface area contributed by atoms with E-state index in [1.54, 1.807) is 18.4 Å². The molecule has 198 valence electrons. The Morgan fingerprint density at radius 3 is 2.51 bits per heavy atom. The first-order valence-electron chi connectivity index (χ1n) is 11.8. The van der Waals surface area contributed by atoms with Gasteiger partial charge in [0.15, 0.2) is 9.84 Å². The quantitative estimate of drug-likeness (QED) is 0.525. The van der Waals surface area contributed by atoms with Crippen molar-refractivity contribution in [3.63, 3.8) is 0 Å². The number of sulfone groups is 1. The van der Waals surface area contributed by atoms with Crippen LogP contribution in [0.1, 0.15) is 47.7 Å². The van der Waals surface area contributed by atoms with Crippen LogP contribution in [-0.2, 0) is 24.6 Å². The Morgan fingerprint density at radius 2 is 1.89 bits per heavy atom. The number of hydrogen-bond donors (Lipinski definition) is 1. The number of pyridine rings is 1. The maximum Gasteiger partial charge on any atom is 0.254 e. The lowest BCUT2D eigenvalue weighted by Crippen LogP contribution is -2.57. The largest absolute Gasteiger partial charge is 0.495 e. The third-order valence-corrected chi connectivity index (χ3v) is 9.65. The minimum absolute atomic E-state index is 0.101. The van der Waals surface area contributed by atoms with Gasteiger partial charge in [0, 0.05) is 36.3 Å². The molecule has 3 aliphatic rings. The van der Waals surface area contributed by atoms with Gasteiger partial charge in [-0.2, -0.15) is 0 Å². The highest BCUT2D eigenvalue weighted by atomic mass is 32.2. The predicted molar refractivity (Wildman–Crippen MR) is 130 cm³/mol. The zero-order valence-corrected chi connectivity index (χ0v) is 21.4. The lowest BCUT2D eigenvalue weighted by Gasteiger charge is -2.38. The summed E-state index contributed by atoms with van der Waals surface area (Å²) in [6.07, 6.45) is 7.15. The van der Waals surface area contributed by atoms with E-state index < -0.39 is 40.7 Å². The van der Waals surface area contributed by atoms with Gasteiger partial charge in [-0.15, -0.1) is 0 Å². The van der Waals surface area contributed by atoms with E-state index in [-0.39, 0.29) is 31.0 Å². The van der Waals surface area contributed by atoms with Crippen LogP contribution in [0.15, 0.2) is 52.5 Å². The molecule has 0 radical (unpaired) electrons. The molecule has 1 unspecified atom stereocenters. The van der Waals surface area contributed by atoms with E-state index in [0.717, 1.165) is 43.5 Å². The first-order chi connectivity index (χ1) is 17.5. The Bertz CT molecular complexity index is 1470. The van der Waals surface area contributed by atoms with Gasteiger partial charge in [0.25, 0.3) is 5.91 Å². The molecule has 0 spiro atoms. The third kappa shape index (κ3) is 5.48. The molecule has 0 bridgehead atoms. The molecule has 2 aliphatic heterocycles. The Labute approximate surface area is 214 Å². The molecule has 10 nitrogen and oxygen atoms in total. The molecule has 3 heterocycles. The van der Waals surface area contributed by atoms with Gasteiger partial charge in [0.05, 0.1) is 11.2 Å². The van der Waals surface area contributed by atoms with Crippen molar-refractivity contribution in [3.05, 3.63) is 59.7 Å². The Kier molecular flexibility index (Phi) is 6.71. The molecule has 37 heavy (non-hydrogen) atoms. The minimum Gasteiger partial charge on any atom is -0.495 e. The molecule has 1 saturated carbocycles. The number of carbonyl (C=O) groups excluding carboxylic acids is 1. The van der Waals surface area contributed by atoms with Gasteiger partial charge in [-0.05, 0) is 56.0 Å². The number of ether oxygens (including phenoxy) is 2. The maximum atomic E-state index is 14.5. The zero-order chi connectivity index (χ0) is 26.4. The van der Waals surface area contributed by atoms with Crippen molar-refractivity contribution in [2.75, 3.05) is 19.7 Å². The van der Waals surface area contributed by atoms with E-state index >= 15 is 0 Å². The van der Waals surface area contributed by atoms with Gasteiger partial charge in [0.2, 0.25) is 15.9 Å². The summed E-state index contributed by atoms with van der Waals surface area (Å²) in [5.74, 6) is -1.01. The van der Waals surface area contributed by atoms with E-state index in [1.807, 2.05) is 6.08 Å². The van der Waals surface area contributed by atoms with E-state index in [1.165, 1.54) is 4.90 Å². The second-order valence-electron chi connectivity index (χ2n) is 9.43. The number of sulfonamides is 1. The number of nitrogens with two attached hydrogens (primary N) is 1. The van der Waals surface area contributed by atoms with Crippen LogP contribution in [0.2, 0.25) is 0 Å². The van der Waals surface area contributed by atoms with Gasteiger partial charge >= 0.3 is 0 Å². The second-order valence-corrected chi connectivity index (χ2v) is 13.2. The van der Waals surface area contributed by atoms with E-state index in [2.05, 4.69) is 4.98 Å². The number of likely N-dealkylation sites (tertiary alicyclic amines) is 1. The fourth-order valence-corrected chi connectivity index (χ4v) is 6.47. The average Bonchev–Trinajstić information content (AvgIpc) is 3.67. The summed E-state index contributed by atoms with van der Waals surface area (Å²) in [5, 5.41) is 3.95. The van der Waals surface area contributed by atoms with Crippen molar-refractivity contribution >= 4 is 25.8 Å². The van der Waals surface area contributed by atoms with Crippen molar-refractivity contribution in [2.45, 2.75) is 52.7 Å². The number of rotatable bonds is 8. The molecule has 1 saturated heterocycles. The fraction of sp³-hybridized carbons (Fsp3) is 0.417. The number of amides is 1. The van der Waals surface area contributed by atoms with Gasteiger partial charge < -0.3 is 14.4 Å². The Balaban J connectivity index is 1.28. The van der Waals surface area contributed by atoms with Crippen LogP contribution in [-0.4, -0.2) is 63.7 Å². The van der Waals surface area contributed by atoms with Crippen LogP contribution >= 0.6 is 0 Å². The summed E-state index contributed by atoms with van der Waals surface area (Å²) >= 11 is 0. The summed E-state index contributed by atoms with van der Waals surface area (Å²) < 4.78 is 74.5. The van der Waals surface area contributed by atoms with Gasteiger partial charge in [-0.1, -0.05) is 0 Å². The molecule has 1 aliphatic carbocycles. The van der Waals surface area contributed by atoms with E-state index in [4.69, 9.17) is 14.6 Å². The SMILES string of the molecule is NS(=O)(=O)c1ccc(S(=O)(=O)C2CN(C(=O)c3cc(OCC4CCC=CO4)nc(C4CC4)c3)C2)c(F)c1. The van der Waals surface area contributed by atoms with Crippen LogP contribution in [0.5, 0.6) is 5.88 Å². The van der Waals surface area contributed by atoms with Crippen LogP contribution in [0, 0.1) is 5.82 Å². The van der Waals surface area contributed by atoms with Crippen LogP contribution < -0.4 is 9.88 Å². The molecule has 5 rings (SSSR count). The summed E-state index contributed by atoms with van der Waals surface area (Å²) in [6.45, 7) is 0.0348. The molecule has 1 atom stereocenters. The molecule has 1 aromatic heterocycles. The molecule has 1 amide bonds. The Morgan fingerprint density at radius 1 is 1.14 bits per heavy atom. The summed E-state index contributed by atoms with van der Waals surface area (Å²) in [7, 11) is -8.33. The zero-order valence-electron chi connectivity index (χ0n) is 19.7. The van der Waals surface area contributed by atoms with Crippen molar-refractivity contribution in [3.8, 4) is 5.88 Å². The number of nitrogens with zero attached hydrogens (tertiary/aromatic N) is 2. The Hall–Kier alpha value is -3.03. The number of carbonyl (C=O) groups is 1. The molecule has 2 fully saturated rings. The molecule has 2 N–H and O–H groups in total. The van der Waals surface area contributed by atoms with E-state index in [0.29, 0.717) is 24.1 Å². The van der Waals surface area contributed by atoms with Gasteiger partial charge in [0.1, 0.15) is 28.7 Å². The fourth-order valence-electron chi connectivity index (χ4n) is 4.25. The highest BCUT2D eigenvalue weighted by Crippen LogP contribution is 2.40. The van der Waals surface area contributed by atoms with Crippen molar-refractivity contribution in [2.24, 2.45) is 5.14 Å². The average molecular weight is 552 g/mol. The summed E-state index contributed by atoms with van der Waals surface area (Å²) in [6, 6.07) is 5.66. The summed E-state index contributed by atoms with van der Waals surface area (Å²) in [4.78, 5) is 17.9. The van der Waals surface area contributed by atoms with Crippen molar-refractivity contribution < 1.29 is 35.5 Å². The first-order valence-corrected chi connectivity index (χ1v) is 14.9. The van der Waals surface area contributed by atoms with Crippen molar-refractivity contribution in [1.29, 1.82) is 0 Å². The molecular formula is C24H26FN3O7S2. The smallest absolute Gasteiger partial charge is 0.254 e. The first kappa shape index (κ1) is 25.6. The number of benzene rings is 1. The van der Waals surface area contributed by atoms with Crippen LogP contribution in [0.3, 0.4) is 0 Å². The predicted octanol–water partition coefficient (Wildman–Crippen LogP) is 2.12. The maximum absolute atomic E-state index is 14.5. The monoisotopic (exact) mass is 551 g/mol. The highest BCUT2D eigenvalue weighted by Gasteiger charge is 2.42. The molecule has 1 aromatic carbocycles. The third-order valence-electron chi connectivity index (χ3n) is 6.62. The standard InChI is InChI=1S/C24H26FN3O7S2/c25-20-11-18(37(26,32)33)6-7-22(20)36(30,31)19-12-28(13-19)24(29)16-9-21(15-4-5-15)27-23(10-16)35-14-17-3-1-2-8-34-17/h2,6-11,15,17,19H,1,3-5,12-14H2,(H2,26,32,33). The summed E-state index contributed by atoms with van der Waals surface area (Å²) in [5.41, 5.74) is 1.10. The normalized spacial score (nSPS) is 20.3. The van der Waals surface area contributed by atoms with E-state index in [9.17, 15) is 26.0 Å². The van der Waals surface area contributed by atoms with Gasteiger partial charge in [-0.3, -0.25) is 4.79 Å². The van der Waals surface area contributed by atoms with Gasteiger partial charge in [-0.25, -0.2) is 31.3 Å². The second kappa shape index (κ2) is 9.69. The number of hydrogen-bond acceptors (Lipinski definition) is 8. The molecule has 2 aromatic rings. The topological polar surface area (TPSA) is 146 Å². The minimum atomic E-state index is -4.18. The molecular weight excluding hydrogens is 525 g/mol.